The van der Waals surface area contributed by atoms with Gasteiger partial charge in [-0.2, -0.15) is 11.8 Å². The summed E-state index contributed by atoms with van der Waals surface area (Å²) in [7, 11) is 0. The van der Waals surface area contributed by atoms with Crippen molar-refractivity contribution in [2.45, 2.75) is 17.9 Å². The predicted octanol–water partition coefficient (Wildman–Crippen LogP) is 3.21. The average Bonchev–Trinajstić information content (AvgIpc) is 2.37. The van der Waals surface area contributed by atoms with E-state index in [1.165, 1.54) is 5.56 Å². The monoisotopic (exact) mass is 270 g/mol. The highest BCUT2D eigenvalue weighted by molar-refractivity contribution is 7.99. The maximum absolute atomic E-state index is 11.6. The Morgan fingerprint density at radius 1 is 1.35 bits per heavy atom. The zero-order chi connectivity index (χ0) is 12.5. The summed E-state index contributed by atoms with van der Waals surface area (Å²) in [5.74, 6) is 1.60. The van der Waals surface area contributed by atoms with Gasteiger partial charge in [0.05, 0.1) is 5.25 Å². The summed E-state index contributed by atoms with van der Waals surface area (Å²) in [4.78, 5) is 11.6. The van der Waals surface area contributed by atoms with Gasteiger partial charge in [0.15, 0.2) is 0 Å². The first-order valence-electron chi connectivity index (χ1n) is 5.55. The molecule has 1 rings (SSSR count). The van der Waals surface area contributed by atoms with Crippen LogP contribution in [0.15, 0.2) is 30.3 Å². The van der Waals surface area contributed by atoms with Crippen LogP contribution in [0.3, 0.4) is 0 Å². The maximum atomic E-state index is 11.6. The number of hydrogen-bond donors (Lipinski definition) is 0. The van der Waals surface area contributed by atoms with Crippen LogP contribution in [0.1, 0.15) is 12.5 Å². The average molecular weight is 270 g/mol. The Hall–Kier alpha value is -0.610. The van der Waals surface area contributed by atoms with E-state index in [1.807, 2.05) is 31.4 Å². The number of esters is 1. The van der Waals surface area contributed by atoms with Gasteiger partial charge in [-0.3, -0.25) is 4.79 Å². The standard InChI is InChI=1S/C13H18O2S2/c1-11(13(14)15-8-9-16-2)17-10-12-6-4-3-5-7-12/h3-7,11H,8-10H2,1-2H3. The van der Waals surface area contributed by atoms with Crippen LogP contribution in [0.2, 0.25) is 0 Å². The lowest BCUT2D eigenvalue weighted by Gasteiger charge is -2.10. The Kier molecular flexibility index (Phi) is 7.21. The van der Waals surface area contributed by atoms with Crippen LogP contribution < -0.4 is 0 Å². The first kappa shape index (κ1) is 14.5. The number of hydrogen-bond acceptors (Lipinski definition) is 4. The third-order valence-corrected chi connectivity index (χ3v) is 3.97. The molecule has 0 N–H and O–H groups in total. The van der Waals surface area contributed by atoms with E-state index >= 15 is 0 Å². The zero-order valence-electron chi connectivity index (χ0n) is 10.2. The molecule has 0 aromatic heterocycles. The molecule has 0 radical (unpaired) electrons. The molecule has 0 aliphatic carbocycles. The third kappa shape index (κ3) is 6.03. The Labute approximate surface area is 112 Å². The SMILES string of the molecule is CSCCOC(=O)C(C)SCc1ccccc1. The molecule has 0 heterocycles. The number of thioether (sulfide) groups is 2. The van der Waals surface area contributed by atoms with Gasteiger partial charge in [0.2, 0.25) is 0 Å². The number of carbonyl (C=O) groups is 1. The highest BCUT2D eigenvalue weighted by atomic mass is 32.2. The lowest BCUT2D eigenvalue weighted by molar-refractivity contribution is -0.141. The smallest absolute Gasteiger partial charge is 0.318 e. The largest absolute Gasteiger partial charge is 0.464 e. The number of benzene rings is 1. The first-order valence-corrected chi connectivity index (χ1v) is 7.99. The molecule has 0 spiro atoms. The summed E-state index contributed by atoms with van der Waals surface area (Å²) < 4.78 is 5.15. The van der Waals surface area contributed by atoms with Crippen molar-refractivity contribution in [2.24, 2.45) is 0 Å². The maximum Gasteiger partial charge on any atom is 0.318 e. The van der Waals surface area contributed by atoms with E-state index in [9.17, 15) is 4.79 Å². The molecule has 4 heteroatoms. The Bertz CT molecular complexity index is 327. The van der Waals surface area contributed by atoms with Gasteiger partial charge in [0.25, 0.3) is 0 Å². The van der Waals surface area contributed by atoms with Crippen molar-refractivity contribution < 1.29 is 9.53 Å². The third-order valence-electron chi connectivity index (χ3n) is 2.21. The fourth-order valence-corrected chi connectivity index (χ4v) is 2.30. The topological polar surface area (TPSA) is 26.3 Å². The summed E-state index contributed by atoms with van der Waals surface area (Å²) in [6.45, 7) is 2.41. The molecule has 0 fully saturated rings. The van der Waals surface area contributed by atoms with E-state index in [2.05, 4.69) is 12.1 Å². The molecule has 0 bridgehead atoms. The number of ether oxygens (including phenoxy) is 1. The van der Waals surface area contributed by atoms with E-state index in [0.717, 1.165) is 11.5 Å². The van der Waals surface area contributed by atoms with Gasteiger partial charge in [-0.25, -0.2) is 0 Å². The van der Waals surface area contributed by atoms with E-state index in [-0.39, 0.29) is 11.2 Å². The minimum Gasteiger partial charge on any atom is -0.464 e. The van der Waals surface area contributed by atoms with Gasteiger partial charge < -0.3 is 4.74 Å². The fourth-order valence-electron chi connectivity index (χ4n) is 1.21. The van der Waals surface area contributed by atoms with E-state index in [4.69, 9.17) is 4.74 Å². The van der Waals surface area contributed by atoms with Gasteiger partial charge >= 0.3 is 5.97 Å². The second-order valence-corrected chi connectivity index (χ2v) is 5.91. The molecule has 17 heavy (non-hydrogen) atoms. The molecule has 0 aliphatic heterocycles. The highest BCUT2D eigenvalue weighted by Gasteiger charge is 2.14. The molecule has 1 atom stereocenters. The fraction of sp³-hybridized carbons (Fsp3) is 0.462. The van der Waals surface area contributed by atoms with Crippen LogP contribution in [0.4, 0.5) is 0 Å². The molecule has 0 aliphatic rings. The van der Waals surface area contributed by atoms with Gasteiger partial charge in [0.1, 0.15) is 6.61 Å². The molecule has 1 aromatic carbocycles. The second kappa shape index (κ2) is 8.48. The summed E-state index contributed by atoms with van der Waals surface area (Å²) in [5.41, 5.74) is 1.24. The van der Waals surface area contributed by atoms with Crippen LogP contribution in [0.5, 0.6) is 0 Å². The summed E-state index contributed by atoms with van der Waals surface area (Å²) in [6, 6.07) is 10.2. The number of rotatable bonds is 7. The molecule has 0 amide bonds. The Morgan fingerprint density at radius 3 is 2.71 bits per heavy atom. The molecule has 2 nitrogen and oxygen atoms in total. The van der Waals surface area contributed by atoms with Crippen molar-refractivity contribution >= 4 is 29.5 Å². The molecule has 0 saturated heterocycles. The predicted molar refractivity (Wildman–Crippen MR) is 76.5 cm³/mol. The van der Waals surface area contributed by atoms with Crippen LogP contribution in [0, 0.1) is 0 Å². The molecular formula is C13H18O2S2. The zero-order valence-corrected chi connectivity index (χ0v) is 11.9. The number of carbonyl (C=O) groups excluding carboxylic acids is 1. The molecule has 0 saturated carbocycles. The van der Waals surface area contributed by atoms with Crippen LogP contribution in [0.25, 0.3) is 0 Å². The second-order valence-electron chi connectivity index (χ2n) is 3.60. The first-order chi connectivity index (χ1) is 8.24. The van der Waals surface area contributed by atoms with E-state index < -0.39 is 0 Å². The van der Waals surface area contributed by atoms with E-state index in [0.29, 0.717) is 6.61 Å². The van der Waals surface area contributed by atoms with Crippen molar-refractivity contribution in [2.75, 3.05) is 18.6 Å². The molecule has 94 valence electrons. The van der Waals surface area contributed by atoms with Crippen molar-refractivity contribution in [3.8, 4) is 0 Å². The van der Waals surface area contributed by atoms with Crippen LogP contribution in [-0.2, 0) is 15.3 Å². The highest BCUT2D eigenvalue weighted by Crippen LogP contribution is 2.18. The van der Waals surface area contributed by atoms with Gasteiger partial charge in [0, 0.05) is 11.5 Å². The van der Waals surface area contributed by atoms with Crippen LogP contribution >= 0.6 is 23.5 Å². The minimum absolute atomic E-state index is 0.0999. The minimum atomic E-state index is -0.111. The normalized spacial score (nSPS) is 12.1. The summed E-state index contributed by atoms with van der Waals surface area (Å²) in [5, 5.41) is -0.0999. The van der Waals surface area contributed by atoms with Gasteiger partial charge in [-0.05, 0) is 18.7 Å². The molecule has 1 aromatic rings. The Morgan fingerprint density at radius 2 is 2.06 bits per heavy atom. The Balaban J connectivity index is 2.24. The van der Waals surface area contributed by atoms with Crippen molar-refractivity contribution in [1.29, 1.82) is 0 Å². The van der Waals surface area contributed by atoms with Gasteiger partial charge in [-0.15, -0.1) is 11.8 Å². The lowest BCUT2D eigenvalue weighted by Crippen LogP contribution is -2.18. The summed E-state index contributed by atoms with van der Waals surface area (Å²) >= 11 is 3.30. The molecule has 1 unspecified atom stereocenters. The van der Waals surface area contributed by atoms with Crippen molar-refractivity contribution in [1.82, 2.24) is 0 Å². The van der Waals surface area contributed by atoms with Crippen molar-refractivity contribution in [3.05, 3.63) is 35.9 Å². The molecular weight excluding hydrogens is 252 g/mol. The quantitative estimate of drug-likeness (QED) is 0.561. The summed E-state index contributed by atoms with van der Waals surface area (Å²) in [6.07, 6.45) is 2.00. The van der Waals surface area contributed by atoms with Crippen molar-refractivity contribution in [3.63, 3.8) is 0 Å². The lowest BCUT2D eigenvalue weighted by atomic mass is 10.2. The van der Waals surface area contributed by atoms with E-state index in [1.54, 1.807) is 23.5 Å². The van der Waals surface area contributed by atoms with Gasteiger partial charge in [-0.1, -0.05) is 30.3 Å². The van der Waals surface area contributed by atoms with Crippen LogP contribution in [-0.4, -0.2) is 29.8 Å².